The minimum Gasteiger partial charge on any atom is -0.480 e. The fourth-order valence-electron chi connectivity index (χ4n) is 7.58. The van der Waals surface area contributed by atoms with Crippen LogP contribution in [0.2, 0.25) is 5.04 Å². The number of carboxylic acid groups (broad SMARTS) is 1. The zero-order chi connectivity index (χ0) is 30.0. The number of aliphatic imine (C=N–C) groups is 1. The molecule has 3 aromatic carbocycles. The highest BCUT2D eigenvalue weighted by molar-refractivity contribution is 6.99. The van der Waals surface area contributed by atoms with Crippen molar-refractivity contribution >= 4 is 30.6 Å². The first kappa shape index (κ1) is 29.8. The van der Waals surface area contributed by atoms with Crippen LogP contribution in [0.25, 0.3) is 0 Å². The van der Waals surface area contributed by atoms with Crippen LogP contribution in [0.15, 0.2) is 89.9 Å². The zero-order valence-electron chi connectivity index (χ0n) is 25.4. The molecular weight excluding hydrogens is 554 g/mol. The summed E-state index contributed by atoms with van der Waals surface area (Å²) in [5, 5.41) is 12.0. The number of aliphatic carboxylic acids is 1. The number of rotatable bonds is 11. The van der Waals surface area contributed by atoms with Crippen LogP contribution in [-0.4, -0.2) is 56.8 Å². The molecule has 0 radical (unpaired) electrons. The van der Waals surface area contributed by atoms with Gasteiger partial charge in [-0.05, 0) is 58.6 Å². The number of carboxylic acids is 1. The molecule has 5 unspecified atom stereocenters. The van der Waals surface area contributed by atoms with E-state index in [0.29, 0.717) is 12.5 Å². The van der Waals surface area contributed by atoms with Crippen molar-refractivity contribution in [1.29, 1.82) is 0 Å². The first-order valence-corrected chi connectivity index (χ1v) is 17.6. The van der Waals surface area contributed by atoms with Gasteiger partial charge in [0.05, 0.1) is 18.1 Å². The molecule has 1 N–H and O–H groups in total. The third-order valence-electron chi connectivity index (χ3n) is 9.57. The van der Waals surface area contributed by atoms with Crippen LogP contribution >= 0.6 is 0 Å². The zero-order valence-corrected chi connectivity index (χ0v) is 26.4. The Bertz CT molecular complexity index is 1400. The lowest BCUT2D eigenvalue weighted by Gasteiger charge is -2.43. The summed E-state index contributed by atoms with van der Waals surface area (Å²) >= 11 is 0. The first-order chi connectivity index (χ1) is 20.8. The maximum absolute atomic E-state index is 11.5. The Balaban J connectivity index is 1.18. The Morgan fingerprint density at radius 2 is 1.51 bits per heavy atom. The smallest absolute Gasteiger partial charge is 0.332 e. The average Bonchev–Trinajstić information content (AvgIpc) is 3.76. The van der Waals surface area contributed by atoms with Gasteiger partial charge in [-0.3, -0.25) is 0 Å². The van der Waals surface area contributed by atoms with Gasteiger partial charge < -0.3 is 19.0 Å². The molecule has 2 fully saturated rings. The Labute approximate surface area is 256 Å². The number of ether oxygens (including phenoxy) is 2. The van der Waals surface area contributed by atoms with E-state index in [1.54, 1.807) is 0 Å². The fraction of sp³-hybridized carbons (Fsp3) is 0.444. The van der Waals surface area contributed by atoms with E-state index in [-0.39, 0.29) is 35.7 Å². The van der Waals surface area contributed by atoms with Crippen LogP contribution in [0, 0.1) is 11.8 Å². The number of hydrogen-bond acceptors (Lipinski definition) is 5. The lowest BCUT2D eigenvalue weighted by molar-refractivity contribution is -0.138. The second-order valence-electron chi connectivity index (χ2n) is 13.2. The third kappa shape index (κ3) is 5.82. The van der Waals surface area contributed by atoms with E-state index in [0.717, 1.165) is 32.1 Å². The molecule has 2 saturated heterocycles. The van der Waals surface area contributed by atoms with E-state index >= 15 is 0 Å². The van der Waals surface area contributed by atoms with Gasteiger partial charge in [-0.15, -0.1) is 0 Å². The van der Waals surface area contributed by atoms with Crippen LogP contribution in [0.5, 0.6) is 0 Å². The topological polar surface area (TPSA) is 77.4 Å². The van der Waals surface area contributed by atoms with Crippen molar-refractivity contribution in [1.82, 2.24) is 0 Å². The largest absolute Gasteiger partial charge is 0.480 e. The summed E-state index contributed by atoms with van der Waals surface area (Å²) in [6, 6.07) is 29.5. The molecule has 3 aliphatic rings. The molecule has 0 aliphatic carbocycles. The third-order valence-corrected chi connectivity index (χ3v) is 14.6. The minimum atomic E-state index is -2.56. The van der Waals surface area contributed by atoms with Crippen molar-refractivity contribution < 1.29 is 23.8 Å². The lowest BCUT2D eigenvalue weighted by atomic mass is 9.75. The van der Waals surface area contributed by atoms with E-state index in [9.17, 15) is 9.90 Å². The molecule has 3 heterocycles. The van der Waals surface area contributed by atoms with E-state index in [2.05, 4.69) is 111 Å². The molecule has 3 aliphatic heterocycles. The number of carbonyl (C=O) groups is 1. The molecule has 6 rings (SSSR count). The summed E-state index contributed by atoms with van der Waals surface area (Å²) in [6.07, 6.45) is 4.97. The maximum Gasteiger partial charge on any atom is 0.332 e. The standard InChI is InChI=1S/C36H43NO5Si/c1-36(2,3)43(27-16-6-4-7-17-27,28-18-8-5-9-19-28)41-22-12-15-25-13-10-11-14-26(25)23-29-31-20-21-32(42-31)33(29)34-37-30(24-40-34)35(38)39/h4-11,13-14,16-19,29-33H,12,15,20-24H2,1-3H3,(H,38,39). The number of fused-ring (bicyclic) bond motifs is 2. The fourth-order valence-corrected chi connectivity index (χ4v) is 12.2. The van der Waals surface area contributed by atoms with Crippen molar-refractivity contribution in [3.63, 3.8) is 0 Å². The van der Waals surface area contributed by atoms with E-state index < -0.39 is 20.3 Å². The molecule has 7 heteroatoms. The predicted molar refractivity (Wildman–Crippen MR) is 172 cm³/mol. The average molecular weight is 598 g/mol. The van der Waals surface area contributed by atoms with Crippen molar-refractivity contribution in [2.24, 2.45) is 16.8 Å². The normalized spacial score (nSPS) is 25.0. The molecule has 0 spiro atoms. The van der Waals surface area contributed by atoms with Gasteiger partial charge in [-0.2, -0.15) is 0 Å². The van der Waals surface area contributed by atoms with Crippen LogP contribution in [0.4, 0.5) is 0 Å². The van der Waals surface area contributed by atoms with Gasteiger partial charge in [0.15, 0.2) is 11.9 Å². The van der Waals surface area contributed by atoms with Crippen molar-refractivity contribution in [3.05, 3.63) is 96.1 Å². The quantitative estimate of drug-likeness (QED) is 0.236. The Morgan fingerprint density at radius 1 is 0.907 bits per heavy atom. The van der Waals surface area contributed by atoms with E-state index in [4.69, 9.17) is 13.9 Å². The maximum atomic E-state index is 11.5. The number of benzene rings is 3. The number of nitrogens with zero attached hydrogens (tertiary/aromatic N) is 1. The summed E-state index contributed by atoms with van der Waals surface area (Å²) < 4.78 is 19.3. The molecular formula is C36H43NO5Si. The summed E-state index contributed by atoms with van der Waals surface area (Å²) in [7, 11) is -2.56. The lowest BCUT2D eigenvalue weighted by Crippen LogP contribution is -2.66. The van der Waals surface area contributed by atoms with Gasteiger partial charge in [0, 0.05) is 12.5 Å². The summed E-state index contributed by atoms with van der Waals surface area (Å²) in [4.78, 5) is 16.0. The molecule has 2 bridgehead atoms. The summed E-state index contributed by atoms with van der Waals surface area (Å²) in [5.74, 6) is -0.0868. The minimum absolute atomic E-state index is 0.0228. The van der Waals surface area contributed by atoms with E-state index in [1.165, 1.54) is 21.5 Å². The highest BCUT2D eigenvalue weighted by Crippen LogP contribution is 2.46. The SMILES string of the molecule is CC(C)(C)[Si](OCCCc1ccccc1CC1C2CCC(O2)C1C1=NC(C(=O)O)CO1)(c1ccccc1)c1ccccc1. The van der Waals surface area contributed by atoms with Crippen LogP contribution in [0.3, 0.4) is 0 Å². The van der Waals surface area contributed by atoms with Gasteiger partial charge >= 0.3 is 5.97 Å². The van der Waals surface area contributed by atoms with Gasteiger partial charge in [0.1, 0.15) is 6.61 Å². The van der Waals surface area contributed by atoms with Crippen molar-refractivity contribution in [3.8, 4) is 0 Å². The van der Waals surface area contributed by atoms with Crippen LogP contribution < -0.4 is 10.4 Å². The Morgan fingerprint density at radius 3 is 2.12 bits per heavy atom. The van der Waals surface area contributed by atoms with Crippen LogP contribution in [0.1, 0.15) is 51.2 Å². The summed E-state index contributed by atoms with van der Waals surface area (Å²) in [5.41, 5.74) is 2.67. The van der Waals surface area contributed by atoms with Crippen molar-refractivity contribution in [2.45, 2.75) is 76.2 Å². The van der Waals surface area contributed by atoms with Gasteiger partial charge in [0.25, 0.3) is 8.32 Å². The molecule has 0 saturated carbocycles. The van der Waals surface area contributed by atoms with Gasteiger partial charge in [-0.1, -0.05) is 106 Å². The highest BCUT2D eigenvalue weighted by Gasteiger charge is 2.53. The van der Waals surface area contributed by atoms with Crippen molar-refractivity contribution in [2.75, 3.05) is 13.2 Å². The highest BCUT2D eigenvalue weighted by atomic mass is 28.4. The first-order valence-electron chi connectivity index (χ1n) is 15.7. The number of hydrogen-bond donors (Lipinski definition) is 1. The van der Waals surface area contributed by atoms with Gasteiger partial charge in [0.2, 0.25) is 0 Å². The Kier molecular flexibility index (Phi) is 8.58. The monoisotopic (exact) mass is 597 g/mol. The molecule has 6 nitrogen and oxygen atoms in total. The molecule has 226 valence electrons. The van der Waals surface area contributed by atoms with E-state index in [1.807, 2.05) is 0 Å². The molecule has 0 amide bonds. The molecule has 3 aromatic rings. The molecule has 43 heavy (non-hydrogen) atoms. The summed E-state index contributed by atoms with van der Waals surface area (Å²) in [6.45, 7) is 7.76. The second-order valence-corrected chi connectivity index (χ2v) is 17.5. The predicted octanol–water partition coefficient (Wildman–Crippen LogP) is 5.41. The molecule has 0 aromatic heterocycles. The number of aryl methyl sites for hydroxylation is 1. The Hall–Kier alpha value is -3.26. The van der Waals surface area contributed by atoms with Gasteiger partial charge in [-0.25, -0.2) is 9.79 Å². The second kappa shape index (κ2) is 12.4. The van der Waals surface area contributed by atoms with Crippen LogP contribution in [-0.2, 0) is 31.5 Å². The molecule has 5 atom stereocenters.